The van der Waals surface area contributed by atoms with Crippen LogP contribution in [0, 0.1) is 0 Å². The Labute approximate surface area is 85.2 Å². The van der Waals surface area contributed by atoms with Gasteiger partial charge in [-0.3, -0.25) is 9.00 Å². The molecule has 14 heavy (non-hydrogen) atoms. The summed E-state index contributed by atoms with van der Waals surface area (Å²) in [5, 5.41) is 0. The van der Waals surface area contributed by atoms with E-state index < -0.39 is 10.8 Å². The van der Waals surface area contributed by atoms with Crippen LogP contribution in [0.4, 0.5) is 5.69 Å². The van der Waals surface area contributed by atoms with Gasteiger partial charge in [-0.2, -0.15) is 0 Å². The highest BCUT2D eigenvalue weighted by Gasteiger charge is 2.23. The first-order chi connectivity index (χ1) is 6.59. The Kier molecular flexibility index (Phi) is 2.15. The van der Waals surface area contributed by atoms with Crippen molar-refractivity contribution < 1.29 is 9.00 Å². The number of hydrogen-bond acceptors (Lipinski definition) is 3. The molecular weight excluding hydrogens is 198 g/mol. The van der Waals surface area contributed by atoms with Gasteiger partial charge in [-0.25, -0.2) is 0 Å². The van der Waals surface area contributed by atoms with Crippen LogP contribution >= 0.6 is 0 Å². The maximum absolute atomic E-state index is 11.6. The van der Waals surface area contributed by atoms with Gasteiger partial charge >= 0.3 is 0 Å². The molecular formula is C10H11NO2S. The first-order valence-electron chi connectivity index (χ1n) is 4.34. The van der Waals surface area contributed by atoms with E-state index in [-0.39, 0.29) is 5.78 Å². The van der Waals surface area contributed by atoms with E-state index in [4.69, 9.17) is 0 Å². The number of nitrogens with zero attached hydrogens (tertiary/aromatic N) is 1. The van der Waals surface area contributed by atoms with Crippen molar-refractivity contribution in [2.75, 3.05) is 17.8 Å². The van der Waals surface area contributed by atoms with Gasteiger partial charge in [0.1, 0.15) is 0 Å². The highest BCUT2D eigenvalue weighted by atomic mass is 32.2. The van der Waals surface area contributed by atoms with Gasteiger partial charge in [0.15, 0.2) is 5.78 Å². The summed E-state index contributed by atoms with van der Waals surface area (Å²) in [5.41, 5.74) is 1.60. The maximum atomic E-state index is 11.6. The molecule has 1 aromatic rings. The predicted octanol–water partition coefficient (Wildman–Crippen LogP) is 1.40. The molecule has 1 atom stereocenters. The SMILES string of the molecule is CC(=O)c1ccc2c(c1)S(=O)CN2C. The molecule has 3 nitrogen and oxygen atoms in total. The summed E-state index contributed by atoms with van der Waals surface area (Å²) in [6, 6.07) is 5.37. The monoisotopic (exact) mass is 209 g/mol. The van der Waals surface area contributed by atoms with Crippen LogP contribution in [0.25, 0.3) is 0 Å². The van der Waals surface area contributed by atoms with E-state index in [0.29, 0.717) is 11.4 Å². The van der Waals surface area contributed by atoms with Crippen LogP contribution in [0.3, 0.4) is 0 Å². The average Bonchev–Trinajstić information content (AvgIpc) is 2.42. The van der Waals surface area contributed by atoms with Gasteiger partial charge in [-0.1, -0.05) is 0 Å². The minimum Gasteiger partial charge on any atom is -0.361 e. The Balaban J connectivity index is 2.55. The number of rotatable bonds is 1. The molecule has 0 bridgehead atoms. The summed E-state index contributed by atoms with van der Waals surface area (Å²) in [6.45, 7) is 1.52. The molecule has 74 valence electrons. The summed E-state index contributed by atoms with van der Waals surface area (Å²) in [5.74, 6) is 0.538. The molecule has 2 rings (SSSR count). The molecule has 1 aromatic carbocycles. The van der Waals surface area contributed by atoms with E-state index in [9.17, 15) is 9.00 Å². The molecule has 0 spiro atoms. The van der Waals surface area contributed by atoms with Crippen LogP contribution in [0.1, 0.15) is 17.3 Å². The topological polar surface area (TPSA) is 37.4 Å². The Bertz CT molecular complexity index is 428. The number of Topliss-reactive ketones (excluding diaryl/α,β-unsaturated/α-hetero) is 1. The third kappa shape index (κ3) is 1.35. The fourth-order valence-corrected chi connectivity index (χ4v) is 2.89. The van der Waals surface area contributed by atoms with Crippen LogP contribution in [-0.4, -0.2) is 22.9 Å². The zero-order valence-corrected chi connectivity index (χ0v) is 8.93. The van der Waals surface area contributed by atoms with E-state index >= 15 is 0 Å². The molecule has 0 saturated carbocycles. The summed E-state index contributed by atoms with van der Waals surface area (Å²) in [4.78, 5) is 13.8. The molecule has 4 heteroatoms. The van der Waals surface area contributed by atoms with Gasteiger partial charge in [-0.05, 0) is 25.1 Å². The summed E-state index contributed by atoms with van der Waals surface area (Å²) < 4.78 is 11.6. The smallest absolute Gasteiger partial charge is 0.159 e. The number of anilines is 1. The van der Waals surface area contributed by atoms with Crippen LogP contribution in [0.15, 0.2) is 23.1 Å². The minimum atomic E-state index is -0.981. The van der Waals surface area contributed by atoms with Gasteiger partial charge in [0, 0.05) is 12.6 Å². The highest BCUT2D eigenvalue weighted by Crippen LogP contribution is 2.30. The van der Waals surface area contributed by atoms with Crippen molar-refractivity contribution in [2.45, 2.75) is 11.8 Å². The lowest BCUT2D eigenvalue weighted by atomic mass is 10.1. The third-order valence-corrected chi connectivity index (χ3v) is 3.77. The lowest BCUT2D eigenvalue weighted by Gasteiger charge is -2.09. The van der Waals surface area contributed by atoms with Gasteiger partial charge < -0.3 is 4.90 Å². The number of carbonyl (C=O) groups excluding carboxylic acids is 1. The maximum Gasteiger partial charge on any atom is 0.159 e. The third-order valence-electron chi connectivity index (χ3n) is 2.33. The summed E-state index contributed by atoms with van der Waals surface area (Å²) in [6.07, 6.45) is 0. The van der Waals surface area contributed by atoms with E-state index in [2.05, 4.69) is 0 Å². The second kappa shape index (κ2) is 3.20. The van der Waals surface area contributed by atoms with Crippen LogP contribution in [0.2, 0.25) is 0 Å². The van der Waals surface area contributed by atoms with Crippen molar-refractivity contribution in [3.05, 3.63) is 23.8 Å². The molecule has 0 radical (unpaired) electrons. The molecule has 1 aliphatic heterocycles. The predicted molar refractivity (Wildman–Crippen MR) is 56.1 cm³/mol. The van der Waals surface area contributed by atoms with Gasteiger partial charge in [-0.15, -0.1) is 0 Å². The molecule has 0 saturated heterocycles. The van der Waals surface area contributed by atoms with Crippen molar-refractivity contribution in [1.29, 1.82) is 0 Å². The van der Waals surface area contributed by atoms with Gasteiger partial charge in [0.05, 0.1) is 27.3 Å². The highest BCUT2D eigenvalue weighted by molar-refractivity contribution is 7.85. The number of hydrogen-bond donors (Lipinski definition) is 0. The van der Waals surface area contributed by atoms with E-state index in [1.807, 2.05) is 18.0 Å². The molecule has 0 aliphatic carbocycles. The number of benzene rings is 1. The molecule has 1 aliphatic rings. The molecule has 0 N–H and O–H groups in total. The van der Waals surface area contributed by atoms with Crippen molar-refractivity contribution in [3.8, 4) is 0 Å². The van der Waals surface area contributed by atoms with Crippen LogP contribution in [-0.2, 0) is 10.8 Å². The summed E-state index contributed by atoms with van der Waals surface area (Å²) in [7, 11) is 0.919. The van der Waals surface area contributed by atoms with Gasteiger partial charge in [0.25, 0.3) is 0 Å². The normalized spacial score (nSPS) is 19.6. The Hall–Kier alpha value is -1.16. The van der Waals surface area contributed by atoms with Crippen LogP contribution in [0.5, 0.6) is 0 Å². The van der Waals surface area contributed by atoms with Crippen molar-refractivity contribution in [2.24, 2.45) is 0 Å². The molecule has 0 aromatic heterocycles. The van der Waals surface area contributed by atoms with Crippen molar-refractivity contribution >= 4 is 22.3 Å². The Morgan fingerprint density at radius 2 is 2.21 bits per heavy atom. The lowest BCUT2D eigenvalue weighted by molar-refractivity contribution is 0.101. The summed E-state index contributed by atoms with van der Waals surface area (Å²) >= 11 is 0. The number of carbonyl (C=O) groups is 1. The fraction of sp³-hybridized carbons (Fsp3) is 0.300. The second-order valence-corrected chi connectivity index (χ2v) is 4.80. The largest absolute Gasteiger partial charge is 0.361 e. The lowest BCUT2D eigenvalue weighted by Crippen LogP contribution is -2.13. The van der Waals surface area contributed by atoms with Gasteiger partial charge in [0.2, 0.25) is 0 Å². The first-order valence-corrected chi connectivity index (χ1v) is 5.66. The van der Waals surface area contributed by atoms with Crippen LogP contribution < -0.4 is 4.90 Å². The number of ketones is 1. The Morgan fingerprint density at radius 1 is 1.50 bits per heavy atom. The van der Waals surface area contributed by atoms with E-state index in [1.54, 1.807) is 12.1 Å². The fourth-order valence-electron chi connectivity index (χ4n) is 1.55. The number of fused-ring (bicyclic) bond motifs is 1. The second-order valence-electron chi connectivity index (χ2n) is 3.41. The van der Waals surface area contributed by atoms with Crippen molar-refractivity contribution in [3.63, 3.8) is 0 Å². The quantitative estimate of drug-likeness (QED) is 0.656. The zero-order chi connectivity index (χ0) is 10.3. The molecule has 1 unspecified atom stereocenters. The standard InChI is InChI=1S/C10H11NO2S/c1-7(12)8-3-4-9-10(5-8)14(13)6-11(9)2/h3-5H,6H2,1-2H3. The minimum absolute atomic E-state index is 0.0133. The molecule has 0 amide bonds. The van der Waals surface area contributed by atoms with Crippen molar-refractivity contribution in [1.82, 2.24) is 0 Å². The average molecular weight is 209 g/mol. The Morgan fingerprint density at radius 3 is 2.86 bits per heavy atom. The van der Waals surface area contributed by atoms with E-state index in [0.717, 1.165) is 10.6 Å². The zero-order valence-electron chi connectivity index (χ0n) is 8.11. The first kappa shape index (κ1) is 9.40. The molecule has 0 fully saturated rings. The van der Waals surface area contributed by atoms with E-state index in [1.165, 1.54) is 6.92 Å². The molecule has 1 heterocycles.